The molecule has 3 rings (SSSR count). The van der Waals surface area contributed by atoms with E-state index in [4.69, 9.17) is 0 Å². The van der Waals surface area contributed by atoms with Crippen LogP contribution in [0.3, 0.4) is 0 Å². The van der Waals surface area contributed by atoms with Gasteiger partial charge in [-0.1, -0.05) is 17.7 Å². The number of allylic oxidation sites excluding steroid dienone is 1. The topological polar surface area (TPSA) is 15.8 Å². The average Bonchev–Trinajstić information content (AvgIpc) is 2.53. The van der Waals surface area contributed by atoms with Crippen LogP contribution in [0.1, 0.15) is 30.2 Å². The summed E-state index contributed by atoms with van der Waals surface area (Å²) in [7, 11) is 0. The van der Waals surface area contributed by atoms with Gasteiger partial charge in [0, 0.05) is 16.6 Å². The molecule has 76 valence electrons. The van der Waals surface area contributed by atoms with Crippen LogP contribution in [-0.4, -0.2) is 4.98 Å². The van der Waals surface area contributed by atoms with Crippen molar-refractivity contribution in [1.82, 2.24) is 4.98 Å². The van der Waals surface area contributed by atoms with E-state index in [0.29, 0.717) is 0 Å². The number of aromatic nitrogens is 1. The Kier molecular flexibility index (Phi) is 1.75. The minimum Gasteiger partial charge on any atom is -0.355 e. The van der Waals surface area contributed by atoms with E-state index in [1.807, 2.05) is 0 Å². The minimum atomic E-state index is 1.18. The summed E-state index contributed by atoms with van der Waals surface area (Å²) < 4.78 is 0. The zero-order valence-electron chi connectivity index (χ0n) is 9.22. The molecule has 1 aliphatic carbocycles. The predicted octanol–water partition coefficient (Wildman–Crippen LogP) is 3.83. The summed E-state index contributed by atoms with van der Waals surface area (Å²) in [5, 5.41) is 1.40. The number of fused-ring (bicyclic) bond motifs is 3. The van der Waals surface area contributed by atoms with Gasteiger partial charge in [0.25, 0.3) is 0 Å². The number of benzene rings is 1. The van der Waals surface area contributed by atoms with Crippen molar-refractivity contribution in [2.45, 2.75) is 26.7 Å². The lowest BCUT2D eigenvalue weighted by molar-refractivity contribution is 0.932. The molecule has 1 heterocycles. The molecule has 0 atom stereocenters. The summed E-state index contributed by atoms with van der Waals surface area (Å²) in [6.45, 7) is 4.35. The Morgan fingerprint density at radius 3 is 2.87 bits per heavy atom. The number of aromatic amines is 1. The SMILES string of the molecule is CC1=Cc2[nH]c3cc(C)ccc3c2CC1. The molecule has 0 fully saturated rings. The Labute approximate surface area is 89.8 Å². The first kappa shape index (κ1) is 8.78. The fourth-order valence-corrected chi connectivity index (χ4v) is 2.42. The second kappa shape index (κ2) is 2.99. The number of nitrogens with one attached hydrogen (secondary N) is 1. The van der Waals surface area contributed by atoms with Crippen molar-refractivity contribution < 1.29 is 0 Å². The van der Waals surface area contributed by atoms with Gasteiger partial charge in [-0.2, -0.15) is 0 Å². The van der Waals surface area contributed by atoms with E-state index in [1.165, 1.54) is 46.1 Å². The van der Waals surface area contributed by atoms with E-state index >= 15 is 0 Å². The molecule has 1 heteroatoms. The van der Waals surface area contributed by atoms with Crippen molar-refractivity contribution >= 4 is 17.0 Å². The van der Waals surface area contributed by atoms with Crippen LogP contribution in [0.4, 0.5) is 0 Å². The van der Waals surface area contributed by atoms with Crippen LogP contribution in [0, 0.1) is 6.92 Å². The average molecular weight is 197 g/mol. The van der Waals surface area contributed by atoms with Crippen molar-refractivity contribution in [3.05, 3.63) is 40.6 Å². The van der Waals surface area contributed by atoms with E-state index in [1.54, 1.807) is 0 Å². The molecule has 1 N–H and O–H groups in total. The highest BCUT2D eigenvalue weighted by atomic mass is 14.7. The molecule has 0 aliphatic heterocycles. The van der Waals surface area contributed by atoms with Crippen LogP contribution in [0.25, 0.3) is 17.0 Å². The summed E-state index contributed by atoms with van der Waals surface area (Å²) in [5.41, 5.74) is 6.90. The van der Waals surface area contributed by atoms with Gasteiger partial charge < -0.3 is 4.98 Å². The Hall–Kier alpha value is -1.50. The van der Waals surface area contributed by atoms with Crippen LogP contribution in [0.2, 0.25) is 0 Å². The summed E-state index contributed by atoms with van der Waals surface area (Å²) in [6.07, 6.45) is 4.67. The third kappa shape index (κ3) is 1.30. The summed E-state index contributed by atoms with van der Waals surface area (Å²) >= 11 is 0. The first-order valence-electron chi connectivity index (χ1n) is 5.52. The Morgan fingerprint density at radius 1 is 1.13 bits per heavy atom. The molecule has 1 nitrogen and oxygen atoms in total. The Morgan fingerprint density at radius 2 is 2.00 bits per heavy atom. The third-order valence-corrected chi connectivity index (χ3v) is 3.25. The maximum Gasteiger partial charge on any atom is 0.0464 e. The zero-order chi connectivity index (χ0) is 10.4. The third-order valence-electron chi connectivity index (χ3n) is 3.25. The molecule has 15 heavy (non-hydrogen) atoms. The normalized spacial score (nSPS) is 15.2. The van der Waals surface area contributed by atoms with Gasteiger partial charge in [0.15, 0.2) is 0 Å². The maximum absolute atomic E-state index is 3.51. The fourth-order valence-electron chi connectivity index (χ4n) is 2.42. The van der Waals surface area contributed by atoms with E-state index < -0.39 is 0 Å². The highest BCUT2D eigenvalue weighted by Crippen LogP contribution is 2.30. The van der Waals surface area contributed by atoms with Crippen LogP contribution in [0.15, 0.2) is 23.8 Å². The van der Waals surface area contributed by atoms with Crippen molar-refractivity contribution in [2.24, 2.45) is 0 Å². The Bertz CT molecular complexity index is 558. The molecule has 1 aromatic heterocycles. The molecule has 0 saturated heterocycles. The number of aryl methyl sites for hydroxylation is 2. The van der Waals surface area contributed by atoms with Gasteiger partial charge in [-0.25, -0.2) is 0 Å². The minimum absolute atomic E-state index is 1.18. The molecule has 0 spiro atoms. The molecule has 0 radical (unpaired) electrons. The van der Waals surface area contributed by atoms with E-state index in [0.717, 1.165) is 0 Å². The number of H-pyrrole nitrogens is 1. The molecule has 0 bridgehead atoms. The van der Waals surface area contributed by atoms with Crippen LogP contribution < -0.4 is 0 Å². The monoisotopic (exact) mass is 197 g/mol. The van der Waals surface area contributed by atoms with Crippen molar-refractivity contribution in [3.8, 4) is 0 Å². The van der Waals surface area contributed by atoms with Gasteiger partial charge in [-0.15, -0.1) is 0 Å². The lowest BCUT2D eigenvalue weighted by atomic mass is 9.96. The quantitative estimate of drug-likeness (QED) is 0.660. The smallest absolute Gasteiger partial charge is 0.0464 e. The zero-order valence-corrected chi connectivity index (χ0v) is 9.22. The van der Waals surface area contributed by atoms with Gasteiger partial charge >= 0.3 is 0 Å². The second-order valence-electron chi connectivity index (χ2n) is 4.56. The molecule has 0 saturated carbocycles. The number of rotatable bonds is 0. The predicted molar refractivity (Wildman–Crippen MR) is 65.0 cm³/mol. The first-order chi connectivity index (χ1) is 7.24. The largest absolute Gasteiger partial charge is 0.355 e. The molecule has 1 aliphatic rings. The number of hydrogen-bond acceptors (Lipinski definition) is 0. The van der Waals surface area contributed by atoms with Gasteiger partial charge in [0.2, 0.25) is 0 Å². The lowest BCUT2D eigenvalue weighted by Crippen LogP contribution is -1.94. The van der Waals surface area contributed by atoms with Crippen molar-refractivity contribution in [1.29, 1.82) is 0 Å². The standard InChI is InChI=1S/C14H15N/c1-9-3-5-11-12-6-4-10(2)8-14(12)15-13(11)7-9/h3,5,7-8,15H,4,6H2,1-2H3. The summed E-state index contributed by atoms with van der Waals surface area (Å²) in [6, 6.07) is 6.67. The van der Waals surface area contributed by atoms with E-state index in [-0.39, 0.29) is 0 Å². The second-order valence-corrected chi connectivity index (χ2v) is 4.56. The Balaban J connectivity index is 2.33. The van der Waals surface area contributed by atoms with Gasteiger partial charge in [-0.3, -0.25) is 0 Å². The highest BCUT2D eigenvalue weighted by Gasteiger charge is 2.13. The lowest BCUT2D eigenvalue weighted by Gasteiger charge is -2.09. The van der Waals surface area contributed by atoms with E-state index in [2.05, 4.69) is 43.1 Å². The first-order valence-corrected chi connectivity index (χ1v) is 5.52. The van der Waals surface area contributed by atoms with Crippen LogP contribution >= 0.6 is 0 Å². The highest BCUT2D eigenvalue weighted by molar-refractivity contribution is 5.88. The van der Waals surface area contributed by atoms with E-state index in [9.17, 15) is 0 Å². The molecular weight excluding hydrogens is 182 g/mol. The summed E-state index contributed by atoms with van der Waals surface area (Å²) in [5.74, 6) is 0. The van der Waals surface area contributed by atoms with Gasteiger partial charge in [0.05, 0.1) is 0 Å². The molecular formula is C14H15N. The number of hydrogen-bond donors (Lipinski definition) is 1. The van der Waals surface area contributed by atoms with Crippen LogP contribution in [0.5, 0.6) is 0 Å². The maximum atomic E-state index is 3.51. The molecule has 2 aromatic rings. The molecule has 0 unspecified atom stereocenters. The van der Waals surface area contributed by atoms with Crippen LogP contribution in [-0.2, 0) is 6.42 Å². The molecule has 1 aromatic carbocycles. The van der Waals surface area contributed by atoms with Gasteiger partial charge in [0.1, 0.15) is 0 Å². The molecule has 0 amide bonds. The van der Waals surface area contributed by atoms with Gasteiger partial charge in [-0.05, 0) is 50.0 Å². The fraction of sp³-hybridized carbons (Fsp3) is 0.286. The van der Waals surface area contributed by atoms with Crippen molar-refractivity contribution in [3.63, 3.8) is 0 Å². The van der Waals surface area contributed by atoms with Crippen molar-refractivity contribution in [2.75, 3.05) is 0 Å². The summed E-state index contributed by atoms with van der Waals surface area (Å²) in [4.78, 5) is 3.51.